The largest absolute Gasteiger partial charge is 0.368 e. The quantitative estimate of drug-likeness (QED) is 0.706. The van der Waals surface area contributed by atoms with E-state index in [0.29, 0.717) is 18.2 Å². The molecule has 0 aliphatic heterocycles. The van der Waals surface area contributed by atoms with Crippen LogP contribution in [0.1, 0.15) is 19.6 Å². The van der Waals surface area contributed by atoms with Crippen LogP contribution in [0.3, 0.4) is 0 Å². The number of rotatable bonds is 6. The smallest absolute Gasteiger partial charge is 0.223 e. The van der Waals surface area contributed by atoms with Crippen molar-refractivity contribution in [2.24, 2.45) is 0 Å². The average molecular weight is 339 g/mol. The van der Waals surface area contributed by atoms with E-state index in [2.05, 4.69) is 25.4 Å². The molecule has 0 amide bonds. The zero-order valence-electron chi connectivity index (χ0n) is 14.5. The van der Waals surface area contributed by atoms with Crippen molar-refractivity contribution < 1.29 is 4.52 Å². The summed E-state index contributed by atoms with van der Waals surface area (Å²) in [6.07, 6.45) is 3.47. The minimum atomic E-state index is 0.223. The molecule has 3 aromatic heterocycles. The molecule has 3 heterocycles. The second-order valence-corrected chi connectivity index (χ2v) is 6.04. The fourth-order valence-electron chi connectivity index (χ4n) is 2.37. The summed E-state index contributed by atoms with van der Waals surface area (Å²) in [7, 11) is 1.91. The van der Waals surface area contributed by atoms with Gasteiger partial charge in [0.25, 0.3) is 0 Å². The minimum Gasteiger partial charge on any atom is -0.368 e. The number of nitrogens with two attached hydrogens (primary N) is 1. The number of hydrogen-bond donors (Lipinski definition) is 2. The molecular weight excluding hydrogens is 318 g/mol. The highest BCUT2D eigenvalue weighted by molar-refractivity contribution is 5.57. The standard InChI is InChI=1S/C17H21N7O/c1-11(2)20-15-8-16(22-17(18)21-15)24(3)10-13-7-14(23-25-13)12-5-4-6-19-9-12/h4-9,11H,10H2,1-3H3,(H3,18,20,21,22). The van der Waals surface area contributed by atoms with Gasteiger partial charge in [-0.15, -0.1) is 0 Å². The molecule has 0 atom stereocenters. The summed E-state index contributed by atoms with van der Waals surface area (Å²) >= 11 is 0. The Morgan fingerprint density at radius 1 is 1.28 bits per heavy atom. The van der Waals surface area contributed by atoms with E-state index in [-0.39, 0.29) is 12.0 Å². The molecule has 3 N–H and O–H groups in total. The molecule has 25 heavy (non-hydrogen) atoms. The Morgan fingerprint density at radius 2 is 2.12 bits per heavy atom. The van der Waals surface area contributed by atoms with E-state index in [1.54, 1.807) is 12.4 Å². The summed E-state index contributed by atoms with van der Waals surface area (Å²) in [6, 6.07) is 7.81. The van der Waals surface area contributed by atoms with Gasteiger partial charge in [-0.3, -0.25) is 4.98 Å². The van der Waals surface area contributed by atoms with Crippen molar-refractivity contribution in [2.75, 3.05) is 23.0 Å². The van der Waals surface area contributed by atoms with Crippen molar-refractivity contribution in [1.29, 1.82) is 0 Å². The summed E-state index contributed by atoms with van der Waals surface area (Å²) in [4.78, 5) is 14.5. The van der Waals surface area contributed by atoms with Crippen LogP contribution in [0, 0.1) is 0 Å². The summed E-state index contributed by atoms with van der Waals surface area (Å²) in [5.41, 5.74) is 7.48. The second-order valence-electron chi connectivity index (χ2n) is 6.04. The number of nitrogens with one attached hydrogen (secondary N) is 1. The van der Waals surface area contributed by atoms with Crippen LogP contribution in [0.15, 0.2) is 41.2 Å². The second kappa shape index (κ2) is 7.16. The number of nitrogens with zero attached hydrogens (tertiary/aromatic N) is 5. The average Bonchev–Trinajstić information content (AvgIpc) is 3.03. The molecule has 0 saturated heterocycles. The van der Waals surface area contributed by atoms with Gasteiger partial charge < -0.3 is 20.5 Å². The van der Waals surface area contributed by atoms with Crippen molar-refractivity contribution in [1.82, 2.24) is 20.1 Å². The molecule has 8 heteroatoms. The third-order valence-electron chi connectivity index (χ3n) is 3.47. The van der Waals surface area contributed by atoms with Crippen LogP contribution in [0.4, 0.5) is 17.6 Å². The van der Waals surface area contributed by atoms with E-state index < -0.39 is 0 Å². The molecule has 3 rings (SSSR count). The highest BCUT2D eigenvalue weighted by atomic mass is 16.5. The van der Waals surface area contributed by atoms with Gasteiger partial charge in [0.15, 0.2) is 5.76 Å². The Kier molecular flexibility index (Phi) is 4.78. The Labute approximate surface area is 146 Å². The third-order valence-corrected chi connectivity index (χ3v) is 3.47. The first-order valence-electron chi connectivity index (χ1n) is 7.99. The molecular formula is C17H21N7O. The maximum Gasteiger partial charge on any atom is 0.223 e. The Balaban J connectivity index is 1.75. The fourth-order valence-corrected chi connectivity index (χ4v) is 2.37. The summed E-state index contributed by atoms with van der Waals surface area (Å²) < 4.78 is 5.43. The normalized spacial score (nSPS) is 10.9. The van der Waals surface area contributed by atoms with Gasteiger partial charge in [0.1, 0.15) is 17.3 Å². The van der Waals surface area contributed by atoms with Crippen molar-refractivity contribution in [3.8, 4) is 11.3 Å². The number of aromatic nitrogens is 4. The molecule has 0 unspecified atom stereocenters. The van der Waals surface area contributed by atoms with Crippen LogP contribution >= 0.6 is 0 Å². The van der Waals surface area contributed by atoms with E-state index in [9.17, 15) is 0 Å². The Bertz CT molecular complexity index is 832. The molecule has 3 aromatic rings. The lowest BCUT2D eigenvalue weighted by molar-refractivity contribution is 0.384. The van der Waals surface area contributed by atoms with Gasteiger partial charge in [0, 0.05) is 43.2 Å². The molecule has 0 bridgehead atoms. The molecule has 0 saturated carbocycles. The summed E-state index contributed by atoms with van der Waals surface area (Å²) in [6.45, 7) is 4.58. The zero-order chi connectivity index (χ0) is 17.8. The van der Waals surface area contributed by atoms with E-state index >= 15 is 0 Å². The molecule has 0 aromatic carbocycles. The molecule has 8 nitrogen and oxygen atoms in total. The van der Waals surface area contributed by atoms with Crippen molar-refractivity contribution in [2.45, 2.75) is 26.4 Å². The van der Waals surface area contributed by atoms with Gasteiger partial charge in [0.2, 0.25) is 5.95 Å². The predicted molar refractivity (Wildman–Crippen MR) is 97.0 cm³/mol. The molecule has 0 spiro atoms. The third kappa shape index (κ3) is 4.23. The van der Waals surface area contributed by atoms with Crippen LogP contribution in [0.5, 0.6) is 0 Å². The van der Waals surface area contributed by atoms with Gasteiger partial charge >= 0.3 is 0 Å². The summed E-state index contributed by atoms with van der Waals surface area (Å²) in [5, 5.41) is 7.33. The highest BCUT2D eigenvalue weighted by Gasteiger charge is 2.12. The molecule has 0 aliphatic carbocycles. The lowest BCUT2D eigenvalue weighted by atomic mass is 10.2. The van der Waals surface area contributed by atoms with Crippen molar-refractivity contribution >= 4 is 17.6 Å². The molecule has 0 radical (unpaired) electrons. The van der Waals surface area contributed by atoms with Gasteiger partial charge in [-0.2, -0.15) is 9.97 Å². The number of anilines is 3. The van der Waals surface area contributed by atoms with Gasteiger partial charge in [-0.05, 0) is 26.0 Å². The predicted octanol–water partition coefficient (Wildman–Crippen LogP) is 2.57. The highest BCUT2D eigenvalue weighted by Crippen LogP contribution is 2.21. The Morgan fingerprint density at radius 3 is 2.84 bits per heavy atom. The van der Waals surface area contributed by atoms with Crippen LogP contribution < -0.4 is 16.0 Å². The molecule has 0 fully saturated rings. The van der Waals surface area contributed by atoms with Crippen molar-refractivity contribution in [3.05, 3.63) is 42.4 Å². The van der Waals surface area contributed by atoms with Crippen LogP contribution in [0.2, 0.25) is 0 Å². The van der Waals surface area contributed by atoms with Gasteiger partial charge in [0.05, 0.1) is 6.54 Å². The van der Waals surface area contributed by atoms with E-state index in [0.717, 1.165) is 17.0 Å². The minimum absolute atomic E-state index is 0.223. The SMILES string of the molecule is CC(C)Nc1cc(N(C)Cc2cc(-c3cccnc3)no2)nc(N)n1. The number of pyridine rings is 1. The van der Waals surface area contributed by atoms with Crippen LogP contribution in [-0.2, 0) is 6.54 Å². The first-order chi connectivity index (χ1) is 12.0. The number of hydrogen-bond acceptors (Lipinski definition) is 8. The first-order valence-corrected chi connectivity index (χ1v) is 7.99. The zero-order valence-corrected chi connectivity index (χ0v) is 14.5. The Hall–Kier alpha value is -3.16. The van der Waals surface area contributed by atoms with Crippen molar-refractivity contribution in [3.63, 3.8) is 0 Å². The van der Waals surface area contributed by atoms with E-state index in [1.807, 2.05) is 50.1 Å². The number of nitrogen functional groups attached to an aromatic ring is 1. The lowest BCUT2D eigenvalue weighted by Gasteiger charge is -2.18. The van der Waals surface area contributed by atoms with Gasteiger partial charge in [-0.25, -0.2) is 0 Å². The lowest BCUT2D eigenvalue weighted by Crippen LogP contribution is -2.19. The molecule has 0 aliphatic rings. The maximum absolute atomic E-state index is 5.81. The molecule has 130 valence electrons. The first kappa shape index (κ1) is 16.7. The maximum atomic E-state index is 5.81. The monoisotopic (exact) mass is 339 g/mol. The van der Waals surface area contributed by atoms with E-state index in [1.165, 1.54) is 0 Å². The summed E-state index contributed by atoms with van der Waals surface area (Å²) in [5.74, 6) is 2.34. The topological polar surface area (TPSA) is 106 Å². The van der Waals surface area contributed by atoms with E-state index in [4.69, 9.17) is 10.3 Å². The van der Waals surface area contributed by atoms with Crippen LogP contribution in [0.25, 0.3) is 11.3 Å². The fraction of sp³-hybridized carbons (Fsp3) is 0.294. The van der Waals surface area contributed by atoms with Gasteiger partial charge in [-0.1, -0.05) is 5.16 Å². The van der Waals surface area contributed by atoms with Crippen LogP contribution in [-0.4, -0.2) is 33.2 Å².